The number of piperidine rings is 1. The molecule has 5 heteroatoms. The zero-order chi connectivity index (χ0) is 17.6. The Morgan fingerprint density at radius 2 is 1.80 bits per heavy atom. The maximum atomic E-state index is 12.5. The van der Waals surface area contributed by atoms with Gasteiger partial charge in [0, 0.05) is 19.1 Å². The van der Waals surface area contributed by atoms with Crippen LogP contribution in [-0.2, 0) is 11.2 Å². The number of nitrogens with one attached hydrogen (secondary N) is 1. The van der Waals surface area contributed by atoms with E-state index in [1.807, 2.05) is 12.1 Å². The van der Waals surface area contributed by atoms with Gasteiger partial charge in [0.1, 0.15) is 0 Å². The van der Waals surface area contributed by atoms with Gasteiger partial charge < -0.3 is 10.4 Å². The fraction of sp³-hybridized carbons (Fsp3) is 0.600. The van der Waals surface area contributed by atoms with Crippen molar-refractivity contribution < 1.29 is 14.7 Å². The monoisotopic (exact) mass is 344 g/mol. The van der Waals surface area contributed by atoms with E-state index in [1.54, 1.807) is 12.1 Å². The van der Waals surface area contributed by atoms with Crippen LogP contribution in [-0.4, -0.2) is 47.6 Å². The molecule has 25 heavy (non-hydrogen) atoms. The van der Waals surface area contributed by atoms with E-state index in [1.165, 1.54) is 25.7 Å². The average molecular weight is 344 g/mol. The van der Waals surface area contributed by atoms with Gasteiger partial charge in [-0.05, 0) is 56.3 Å². The van der Waals surface area contributed by atoms with Crippen molar-refractivity contribution in [2.75, 3.05) is 19.6 Å². The first-order chi connectivity index (χ1) is 12.1. The Morgan fingerprint density at radius 3 is 2.48 bits per heavy atom. The van der Waals surface area contributed by atoms with Gasteiger partial charge in [0.15, 0.2) is 0 Å². The van der Waals surface area contributed by atoms with Crippen LogP contribution in [0.25, 0.3) is 0 Å². The van der Waals surface area contributed by atoms with Gasteiger partial charge in [0.2, 0.25) is 5.91 Å². The summed E-state index contributed by atoms with van der Waals surface area (Å²) in [4.78, 5) is 25.9. The topological polar surface area (TPSA) is 69.6 Å². The van der Waals surface area contributed by atoms with Crippen LogP contribution in [0.5, 0.6) is 0 Å². The number of aromatic carboxylic acids is 1. The summed E-state index contributed by atoms with van der Waals surface area (Å²) in [5.41, 5.74) is 1.34. The summed E-state index contributed by atoms with van der Waals surface area (Å²) >= 11 is 0. The van der Waals surface area contributed by atoms with E-state index in [2.05, 4.69) is 10.2 Å². The summed E-state index contributed by atoms with van der Waals surface area (Å²) in [6, 6.07) is 7.55. The van der Waals surface area contributed by atoms with Crippen LogP contribution < -0.4 is 5.32 Å². The molecule has 1 aliphatic heterocycles. The van der Waals surface area contributed by atoms with Crippen LogP contribution in [0.15, 0.2) is 24.3 Å². The van der Waals surface area contributed by atoms with Crippen LogP contribution in [0.1, 0.15) is 54.4 Å². The predicted octanol–water partition coefficient (Wildman–Crippen LogP) is 2.70. The second kappa shape index (κ2) is 8.48. The molecule has 2 fully saturated rings. The molecule has 1 atom stereocenters. The summed E-state index contributed by atoms with van der Waals surface area (Å²) in [7, 11) is 0. The molecule has 0 spiro atoms. The summed E-state index contributed by atoms with van der Waals surface area (Å²) in [5, 5.41) is 12.0. The molecule has 3 rings (SSSR count). The molecule has 0 bridgehead atoms. The fourth-order valence-corrected chi connectivity index (χ4v) is 4.11. The minimum absolute atomic E-state index is 0.115. The first kappa shape index (κ1) is 17.9. The van der Waals surface area contributed by atoms with E-state index < -0.39 is 5.97 Å². The van der Waals surface area contributed by atoms with Gasteiger partial charge in [-0.2, -0.15) is 0 Å². The summed E-state index contributed by atoms with van der Waals surface area (Å²) in [5.74, 6) is -0.627. The number of benzene rings is 1. The Kier molecular flexibility index (Phi) is 6.08. The molecule has 1 amide bonds. The van der Waals surface area contributed by atoms with Crippen molar-refractivity contribution in [3.8, 4) is 0 Å². The van der Waals surface area contributed by atoms with Crippen LogP contribution in [0.2, 0.25) is 0 Å². The molecule has 1 heterocycles. The van der Waals surface area contributed by atoms with Crippen molar-refractivity contribution in [1.82, 2.24) is 10.2 Å². The summed E-state index contributed by atoms with van der Waals surface area (Å²) in [6.07, 6.45) is 8.08. The SMILES string of the molecule is O=C(O)c1ccc(CCNC(=O)C2CCCN(C3CCCC3)C2)cc1. The molecule has 1 aromatic carbocycles. The number of carbonyl (C=O) groups is 2. The van der Waals surface area contributed by atoms with Crippen molar-refractivity contribution >= 4 is 11.9 Å². The van der Waals surface area contributed by atoms with Crippen molar-refractivity contribution in [1.29, 1.82) is 0 Å². The molecule has 0 radical (unpaired) electrons. The summed E-state index contributed by atoms with van der Waals surface area (Å²) < 4.78 is 0. The maximum absolute atomic E-state index is 12.5. The number of likely N-dealkylation sites (tertiary alicyclic amines) is 1. The van der Waals surface area contributed by atoms with Crippen molar-refractivity contribution in [3.63, 3.8) is 0 Å². The van der Waals surface area contributed by atoms with Crippen LogP contribution in [0, 0.1) is 5.92 Å². The molecular formula is C20H28N2O3. The van der Waals surface area contributed by atoms with E-state index in [0.717, 1.165) is 37.9 Å². The Bertz CT molecular complexity index is 593. The number of carboxylic acids is 1. The van der Waals surface area contributed by atoms with Crippen molar-refractivity contribution in [2.45, 2.75) is 51.0 Å². The molecular weight excluding hydrogens is 316 g/mol. The maximum Gasteiger partial charge on any atom is 0.335 e. The lowest BCUT2D eigenvalue weighted by Crippen LogP contribution is -2.46. The Labute approximate surface area is 149 Å². The summed E-state index contributed by atoms with van der Waals surface area (Å²) in [6.45, 7) is 2.65. The highest BCUT2D eigenvalue weighted by Crippen LogP contribution is 2.27. The highest BCUT2D eigenvalue weighted by molar-refractivity contribution is 5.87. The molecule has 1 saturated heterocycles. The van der Waals surface area contributed by atoms with E-state index in [0.29, 0.717) is 18.2 Å². The number of rotatable bonds is 6. The lowest BCUT2D eigenvalue weighted by Gasteiger charge is -2.36. The minimum atomic E-state index is -0.913. The van der Waals surface area contributed by atoms with Gasteiger partial charge in [0.25, 0.3) is 0 Å². The van der Waals surface area contributed by atoms with E-state index in [-0.39, 0.29) is 11.8 Å². The largest absolute Gasteiger partial charge is 0.478 e. The van der Waals surface area contributed by atoms with Gasteiger partial charge in [0.05, 0.1) is 11.5 Å². The normalized spacial score (nSPS) is 22.0. The predicted molar refractivity (Wildman–Crippen MR) is 96.7 cm³/mol. The molecule has 1 aromatic rings. The van der Waals surface area contributed by atoms with E-state index >= 15 is 0 Å². The third-order valence-corrected chi connectivity index (χ3v) is 5.58. The molecule has 0 aromatic heterocycles. The molecule has 5 nitrogen and oxygen atoms in total. The number of carbonyl (C=O) groups excluding carboxylic acids is 1. The third kappa shape index (κ3) is 4.82. The van der Waals surface area contributed by atoms with E-state index in [9.17, 15) is 9.59 Å². The van der Waals surface area contributed by atoms with Gasteiger partial charge in [-0.25, -0.2) is 4.79 Å². The highest BCUT2D eigenvalue weighted by atomic mass is 16.4. The van der Waals surface area contributed by atoms with Crippen molar-refractivity contribution in [2.24, 2.45) is 5.92 Å². The number of nitrogens with zero attached hydrogens (tertiary/aromatic N) is 1. The second-order valence-corrected chi connectivity index (χ2v) is 7.32. The quantitative estimate of drug-likeness (QED) is 0.832. The average Bonchev–Trinajstić information content (AvgIpc) is 3.17. The highest BCUT2D eigenvalue weighted by Gasteiger charge is 2.30. The third-order valence-electron chi connectivity index (χ3n) is 5.58. The Balaban J connectivity index is 1.43. The van der Waals surface area contributed by atoms with Gasteiger partial charge in [-0.3, -0.25) is 9.69 Å². The van der Waals surface area contributed by atoms with Crippen LogP contribution in [0.3, 0.4) is 0 Å². The zero-order valence-electron chi connectivity index (χ0n) is 14.7. The first-order valence-corrected chi connectivity index (χ1v) is 9.47. The number of amides is 1. The molecule has 1 aliphatic carbocycles. The van der Waals surface area contributed by atoms with Gasteiger partial charge in [-0.15, -0.1) is 0 Å². The molecule has 1 saturated carbocycles. The molecule has 2 N–H and O–H groups in total. The number of carboxylic acid groups (broad SMARTS) is 1. The zero-order valence-corrected chi connectivity index (χ0v) is 14.7. The molecule has 1 unspecified atom stereocenters. The molecule has 136 valence electrons. The van der Waals surface area contributed by atoms with Gasteiger partial charge in [-0.1, -0.05) is 25.0 Å². The first-order valence-electron chi connectivity index (χ1n) is 9.47. The number of hydrogen-bond acceptors (Lipinski definition) is 3. The van der Waals surface area contributed by atoms with Crippen LogP contribution in [0.4, 0.5) is 0 Å². The number of hydrogen-bond donors (Lipinski definition) is 2. The minimum Gasteiger partial charge on any atom is -0.478 e. The standard InChI is InChI=1S/C20H28N2O3/c23-19(17-4-3-13-22(14-17)18-5-1-2-6-18)21-12-11-15-7-9-16(10-8-15)20(24)25/h7-10,17-18H,1-6,11-14H2,(H,21,23)(H,24,25). The lowest BCUT2D eigenvalue weighted by molar-refractivity contribution is -0.127. The van der Waals surface area contributed by atoms with Crippen LogP contribution >= 0.6 is 0 Å². The second-order valence-electron chi connectivity index (χ2n) is 7.32. The smallest absolute Gasteiger partial charge is 0.335 e. The van der Waals surface area contributed by atoms with Crippen molar-refractivity contribution in [3.05, 3.63) is 35.4 Å². The molecule has 2 aliphatic rings. The van der Waals surface area contributed by atoms with E-state index in [4.69, 9.17) is 5.11 Å². The lowest BCUT2D eigenvalue weighted by atomic mass is 9.95. The van der Waals surface area contributed by atoms with Gasteiger partial charge >= 0.3 is 5.97 Å². The Morgan fingerprint density at radius 1 is 1.08 bits per heavy atom. The fourth-order valence-electron chi connectivity index (χ4n) is 4.11. The Hall–Kier alpha value is -1.88.